The molecule has 2 N–H and O–H groups in total. The van der Waals surface area contributed by atoms with Crippen LogP contribution in [0.5, 0.6) is 5.75 Å². The maximum Gasteiger partial charge on any atom is 0.127 e. The number of anilines is 1. The predicted molar refractivity (Wildman–Crippen MR) is 81.9 cm³/mol. The first-order chi connectivity index (χ1) is 9.74. The molecule has 2 aromatic carbocycles. The number of fused-ring (bicyclic) bond motifs is 1. The average Bonchev–Trinajstić information content (AvgIpc) is 2.49. The second kappa shape index (κ2) is 5.39. The summed E-state index contributed by atoms with van der Waals surface area (Å²) in [6, 6.07) is 15.3. The number of hydrogen-bond acceptors (Lipinski definition) is 3. The van der Waals surface area contributed by atoms with E-state index in [0.29, 0.717) is 12.4 Å². The molecule has 0 bridgehead atoms. The Bertz CT molecular complexity index is 741. The van der Waals surface area contributed by atoms with Gasteiger partial charge in [-0.2, -0.15) is 0 Å². The highest BCUT2D eigenvalue weighted by Crippen LogP contribution is 2.31. The van der Waals surface area contributed by atoms with E-state index in [1.807, 2.05) is 42.5 Å². The molecule has 0 amide bonds. The summed E-state index contributed by atoms with van der Waals surface area (Å²) < 4.78 is 5.86. The molecule has 3 aromatic rings. The van der Waals surface area contributed by atoms with E-state index in [0.717, 1.165) is 27.1 Å². The fourth-order valence-corrected chi connectivity index (χ4v) is 2.27. The Balaban J connectivity index is 1.88. The van der Waals surface area contributed by atoms with Gasteiger partial charge in [-0.05, 0) is 18.2 Å². The molecule has 0 unspecified atom stereocenters. The van der Waals surface area contributed by atoms with Gasteiger partial charge in [0.1, 0.15) is 18.2 Å². The van der Waals surface area contributed by atoms with Crippen LogP contribution in [-0.4, -0.2) is 4.98 Å². The molecular weight excluding hydrogens is 272 g/mol. The highest BCUT2D eigenvalue weighted by molar-refractivity contribution is 6.35. The van der Waals surface area contributed by atoms with Crippen LogP contribution in [0.25, 0.3) is 10.8 Å². The minimum absolute atomic E-state index is 0.443. The third-order valence-electron chi connectivity index (χ3n) is 3.07. The van der Waals surface area contributed by atoms with Crippen molar-refractivity contribution in [2.45, 2.75) is 6.61 Å². The van der Waals surface area contributed by atoms with E-state index in [1.165, 1.54) is 0 Å². The molecule has 1 aromatic heterocycles. The van der Waals surface area contributed by atoms with E-state index in [4.69, 9.17) is 22.1 Å². The zero-order valence-corrected chi connectivity index (χ0v) is 11.5. The van der Waals surface area contributed by atoms with E-state index in [1.54, 1.807) is 12.3 Å². The minimum Gasteiger partial charge on any atom is -0.488 e. The number of nitrogen functional groups attached to an aromatic ring is 1. The zero-order chi connectivity index (χ0) is 13.9. The Labute approximate surface area is 122 Å². The fraction of sp³-hybridized carbons (Fsp3) is 0.0625. The van der Waals surface area contributed by atoms with Gasteiger partial charge in [-0.15, -0.1) is 0 Å². The largest absolute Gasteiger partial charge is 0.488 e. The van der Waals surface area contributed by atoms with Crippen molar-refractivity contribution >= 4 is 28.2 Å². The van der Waals surface area contributed by atoms with E-state index >= 15 is 0 Å². The molecule has 0 aliphatic heterocycles. The molecular formula is C16H13ClN2O. The SMILES string of the molecule is Nc1ccc(COc2ccc(Cl)c3ccccc23)cn1. The summed E-state index contributed by atoms with van der Waals surface area (Å²) in [4.78, 5) is 4.04. The maximum absolute atomic E-state index is 6.18. The smallest absolute Gasteiger partial charge is 0.127 e. The summed E-state index contributed by atoms with van der Waals surface area (Å²) in [5.74, 6) is 1.31. The van der Waals surface area contributed by atoms with E-state index in [2.05, 4.69) is 4.98 Å². The highest BCUT2D eigenvalue weighted by Gasteiger charge is 2.05. The van der Waals surface area contributed by atoms with E-state index in [-0.39, 0.29) is 0 Å². The van der Waals surface area contributed by atoms with Crippen LogP contribution in [0.1, 0.15) is 5.56 Å². The quantitative estimate of drug-likeness (QED) is 0.789. The number of nitrogens with zero attached hydrogens (tertiary/aromatic N) is 1. The Morgan fingerprint density at radius 1 is 1.00 bits per heavy atom. The normalized spacial score (nSPS) is 10.7. The van der Waals surface area contributed by atoms with Crippen molar-refractivity contribution in [1.29, 1.82) is 0 Å². The number of ether oxygens (including phenoxy) is 1. The van der Waals surface area contributed by atoms with Crippen LogP contribution in [-0.2, 0) is 6.61 Å². The maximum atomic E-state index is 6.18. The van der Waals surface area contributed by atoms with Gasteiger partial charge in [0.25, 0.3) is 0 Å². The van der Waals surface area contributed by atoms with Gasteiger partial charge in [-0.3, -0.25) is 0 Å². The van der Waals surface area contributed by atoms with Gasteiger partial charge >= 0.3 is 0 Å². The lowest BCUT2D eigenvalue weighted by atomic mass is 10.1. The van der Waals surface area contributed by atoms with Crippen molar-refractivity contribution in [2.24, 2.45) is 0 Å². The molecule has 0 aliphatic carbocycles. The molecule has 0 saturated carbocycles. The van der Waals surface area contributed by atoms with Crippen LogP contribution in [0, 0.1) is 0 Å². The van der Waals surface area contributed by atoms with Gasteiger partial charge in [0.05, 0.1) is 0 Å². The zero-order valence-electron chi connectivity index (χ0n) is 10.7. The summed E-state index contributed by atoms with van der Waals surface area (Å²) >= 11 is 6.18. The van der Waals surface area contributed by atoms with Crippen LogP contribution < -0.4 is 10.5 Å². The Morgan fingerprint density at radius 3 is 2.55 bits per heavy atom. The molecule has 3 rings (SSSR count). The summed E-state index contributed by atoms with van der Waals surface area (Å²) in [5, 5.41) is 2.72. The first-order valence-corrected chi connectivity index (χ1v) is 6.62. The minimum atomic E-state index is 0.443. The average molecular weight is 285 g/mol. The van der Waals surface area contributed by atoms with Crippen LogP contribution >= 0.6 is 11.6 Å². The lowest BCUT2D eigenvalue weighted by Gasteiger charge is -2.10. The molecule has 0 saturated heterocycles. The molecule has 0 spiro atoms. The van der Waals surface area contributed by atoms with Crippen LogP contribution in [0.4, 0.5) is 5.82 Å². The number of hydrogen-bond donors (Lipinski definition) is 1. The number of nitrogens with two attached hydrogens (primary N) is 1. The van der Waals surface area contributed by atoms with Crippen LogP contribution in [0.2, 0.25) is 5.02 Å². The lowest BCUT2D eigenvalue weighted by Crippen LogP contribution is -1.98. The van der Waals surface area contributed by atoms with E-state index in [9.17, 15) is 0 Å². The van der Waals surface area contributed by atoms with Gasteiger partial charge in [-0.25, -0.2) is 4.98 Å². The summed E-state index contributed by atoms with van der Waals surface area (Å²) in [7, 11) is 0. The molecule has 4 heteroatoms. The summed E-state index contributed by atoms with van der Waals surface area (Å²) in [6.45, 7) is 0.443. The highest BCUT2D eigenvalue weighted by atomic mass is 35.5. The predicted octanol–water partition coefficient (Wildman–Crippen LogP) is 4.05. The third-order valence-corrected chi connectivity index (χ3v) is 3.40. The van der Waals surface area contributed by atoms with Crippen molar-refractivity contribution in [1.82, 2.24) is 4.98 Å². The van der Waals surface area contributed by atoms with Crippen molar-refractivity contribution in [2.75, 3.05) is 5.73 Å². The van der Waals surface area contributed by atoms with Crippen molar-refractivity contribution in [3.05, 3.63) is 65.3 Å². The molecule has 20 heavy (non-hydrogen) atoms. The third kappa shape index (κ3) is 2.53. The van der Waals surface area contributed by atoms with Gasteiger partial charge < -0.3 is 10.5 Å². The second-order valence-corrected chi connectivity index (χ2v) is 4.88. The van der Waals surface area contributed by atoms with Gasteiger partial charge in [-0.1, -0.05) is 41.9 Å². The molecule has 0 atom stereocenters. The number of aromatic nitrogens is 1. The standard InChI is InChI=1S/C16H13ClN2O/c17-14-6-7-15(13-4-2-1-3-12(13)14)20-10-11-5-8-16(18)19-9-11/h1-9H,10H2,(H2,18,19). The Hall–Kier alpha value is -2.26. The first-order valence-electron chi connectivity index (χ1n) is 6.24. The van der Waals surface area contributed by atoms with Gasteiger partial charge in [0.2, 0.25) is 0 Å². The van der Waals surface area contributed by atoms with Gasteiger partial charge in [0, 0.05) is 27.6 Å². The molecule has 0 aliphatic rings. The van der Waals surface area contributed by atoms with Crippen molar-refractivity contribution in [3.8, 4) is 5.75 Å². The summed E-state index contributed by atoms with van der Waals surface area (Å²) in [6.07, 6.45) is 1.72. The number of rotatable bonds is 3. The van der Waals surface area contributed by atoms with Crippen LogP contribution in [0.15, 0.2) is 54.7 Å². The topological polar surface area (TPSA) is 48.1 Å². The van der Waals surface area contributed by atoms with Gasteiger partial charge in [0.15, 0.2) is 0 Å². The number of benzene rings is 2. The van der Waals surface area contributed by atoms with Crippen LogP contribution in [0.3, 0.4) is 0 Å². The molecule has 0 fully saturated rings. The molecule has 3 nitrogen and oxygen atoms in total. The first kappa shape index (κ1) is 12.8. The Kier molecular flexibility index (Phi) is 3.44. The molecule has 100 valence electrons. The monoisotopic (exact) mass is 284 g/mol. The fourth-order valence-electron chi connectivity index (χ4n) is 2.04. The molecule has 1 heterocycles. The van der Waals surface area contributed by atoms with Crippen molar-refractivity contribution < 1.29 is 4.74 Å². The Morgan fingerprint density at radius 2 is 1.80 bits per heavy atom. The summed E-state index contributed by atoms with van der Waals surface area (Å²) in [5.41, 5.74) is 6.53. The molecule has 0 radical (unpaired) electrons. The lowest BCUT2D eigenvalue weighted by molar-refractivity contribution is 0.309. The second-order valence-electron chi connectivity index (χ2n) is 4.47. The number of pyridine rings is 1. The number of halogens is 1. The van der Waals surface area contributed by atoms with Crippen molar-refractivity contribution in [3.63, 3.8) is 0 Å². The van der Waals surface area contributed by atoms with E-state index < -0.39 is 0 Å².